The Morgan fingerprint density at radius 2 is 1.62 bits per heavy atom. The van der Waals surface area contributed by atoms with Crippen molar-refractivity contribution in [2.24, 2.45) is 0 Å². The van der Waals surface area contributed by atoms with Crippen LogP contribution >= 0.6 is 19.7 Å². The van der Waals surface area contributed by atoms with Crippen LogP contribution in [0.2, 0.25) is 0 Å². The molecular weight excluding hydrogens is 258 g/mol. The van der Waals surface area contributed by atoms with Crippen molar-refractivity contribution in [3.8, 4) is 0 Å². The van der Waals surface area contributed by atoms with Crippen molar-refractivity contribution in [1.29, 1.82) is 0 Å². The summed E-state index contributed by atoms with van der Waals surface area (Å²) in [5.74, 6) is 0. The molecule has 46 valence electrons. The first kappa shape index (κ1) is 17.3. The van der Waals surface area contributed by atoms with E-state index < -0.39 is 7.82 Å². The fourth-order valence-electron chi connectivity index (χ4n) is 0. The fraction of sp³-hybridized carbons (Fsp3) is 0. The van der Waals surface area contributed by atoms with Crippen molar-refractivity contribution in [2.75, 3.05) is 0 Å². The van der Waals surface area contributed by atoms with Crippen LogP contribution in [0.1, 0.15) is 0 Å². The van der Waals surface area contributed by atoms with E-state index in [1.165, 1.54) is 0 Å². The topological polar surface area (TPSA) is 66.8 Å². The second kappa shape index (κ2) is 8.24. The van der Waals surface area contributed by atoms with E-state index in [1.807, 2.05) is 0 Å². The average molecular weight is 264 g/mol. The van der Waals surface area contributed by atoms with E-state index in [4.69, 9.17) is 9.79 Å². The Labute approximate surface area is 119 Å². The standard InChI is InChI=1S/Ca.ClH2O4P.Sr.4H/c;1-5-6(2,3)4;;;;;/h;(H2,2,3,4);;;;;. The molecular formula is H6CaClO4PSr. The van der Waals surface area contributed by atoms with Crippen LogP contribution in [0.5, 0.6) is 0 Å². The summed E-state index contributed by atoms with van der Waals surface area (Å²) < 4.78 is 12.4. The molecule has 0 aromatic carbocycles. The Hall–Kier alpha value is 3.14. The molecule has 0 bridgehead atoms. The molecule has 2 N–H and O–H groups in total. The zero-order chi connectivity index (χ0) is 5.21. The molecule has 0 aliphatic heterocycles. The second-order valence-corrected chi connectivity index (χ2v) is 2.09. The molecule has 0 aliphatic carbocycles. The van der Waals surface area contributed by atoms with Crippen molar-refractivity contribution in [1.82, 2.24) is 0 Å². The van der Waals surface area contributed by atoms with Gasteiger partial charge in [-0.1, -0.05) is 0 Å². The maximum absolute atomic E-state index is 9.34. The number of hydrogen-bond acceptors (Lipinski definition) is 2. The average Bonchev–Trinajstić information content (AvgIpc) is 1.35. The normalized spacial score (nSPS) is 8.88. The van der Waals surface area contributed by atoms with Crippen molar-refractivity contribution >= 4 is 103 Å². The first-order chi connectivity index (χ1) is 2.56. The van der Waals surface area contributed by atoms with Crippen LogP contribution in [-0.2, 0) is 8.64 Å². The molecule has 0 saturated heterocycles. The van der Waals surface area contributed by atoms with Crippen LogP contribution in [0.3, 0.4) is 0 Å². The number of halogens is 1. The van der Waals surface area contributed by atoms with Crippen LogP contribution in [0.15, 0.2) is 0 Å². The zero-order valence-electron chi connectivity index (χ0n) is 2.54. The van der Waals surface area contributed by atoms with Gasteiger partial charge in [0.1, 0.15) is 0 Å². The van der Waals surface area contributed by atoms with Gasteiger partial charge >= 0.3 is 91.0 Å². The van der Waals surface area contributed by atoms with Gasteiger partial charge in [-0.25, -0.2) is 4.57 Å². The maximum atomic E-state index is 9.34. The summed E-state index contributed by atoms with van der Waals surface area (Å²) in [6, 6.07) is 0. The van der Waals surface area contributed by atoms with Crippen molar-refractivity contribution < 1.29 is 18.4 Å². The molecule has 0 saturated carbocycles. The predicted molar refractivity (Wildman–Crippen MR) is 36.1 cm³/mol. The van der Waals surface area contributed by atoms with E-state index in [0.29, 0.717) is 0 Å². The van der Waals surface area contributed by atoms with Gasteiger partial charge in [0, 0.05) is 0 Å². The summed E-state index contributed by atoms with van der Waals surface area (Å²) in [6.07, 6.45) is 0. The SMILES string of the molecule is O=P(O)(O)OCl.[CaH2].[SrH2]. The van der Waals surface area contributed by atoms with Gasteiger partial charge in [0.05, 0.1) is 11.9 Å². The van der Waals surface area contributed by atoms with E-state index in [-0.39, 0.29) is 83.2 Å². The molecule has 0 aromatic heterocycles. The summed E-state index contributed by atoms with van der Waals surface area (Å²) in [4.78, 5) is 15.2. The van der Waals surface area contributed by atoms with Crippen LogP contribution in [0.25, 0.3) is 0 Å². The molecule has 0 heterocycles. The van der Waals surface area contributed by atoms with Crippen molar-refractivity contribution in [2.45, 2.75) is 0 Å². The van der Waals surface area contributed by atoms with Crippen molar-refractivity contribution in [3.05, 3.63) is 0 Å². The third-order valence-corrected chi connectivity index (χ3v) is 0.809. The molecule has 0 radical (unpaired) electrons. The van der Waals surface area contributed by atoms with Crippen LogP contribution < -0.4 is 0 Å². The molecule has 0 aromatic rings. The van der Waals surface area contributed by atoms with Crippen molar-refractivity contribution in [3.63, 3.8) is 0 Å². The third-order valence-electron chi connectivity index (χ3n) is 0.0899. The first-order valence-electron chi connectivity index (χ1n) is 0.919. The van der Waals surface area contributed by atoms with Gasteiger partial charge in [0.15, 0.2) is 0 Å². The van der Waals surface area contributed by atoms with E-state index in [0.717, 1.165) is 0 Å². The third kappa shape index (κ3) is 16.1. The van der Waals surface area contributed by atoms with Gasteiger partial charge in [-0.15, -0.1) is 0 Å². The minimum atomic E-state index is -4.38. The van der Waals surface area contributed by atoms with E-state index in [9.17, 15) is 4.57 Å². The Morgan fingerprint density at radius 1 is 1.50 bits per heavy atom. The number of phosphoric acid groups is 1. The molecule has 8 heteroatoms. The molecule has 0 unspecified atom stereocenters. The molecule has 0 rings (SSSR count). The van der Waals surface area contributed by atoms with Gasteiger partial charge < -0.3 is 9.79 Å². The quantitative estimate of drug-likeness (QED) is 0.443. The number of rotatable bonds is 1. The molecule has 4 nitrogen and oxygen atoms in total. The van der Waals surface area contributed by atoms with Gasteiger partial charge in [-0.3, -0.25) is 0 Å². The fourth-order valence-corrected chi connectivity index (χ4v) is 0. The Bertz CT molecular complexity index is 80.1. The first-order valence-corrected chi connectivity index (χ1v) is 2.76. The monoisotopic (exact) mass is 264 g/mol. The van der Waals surface area contributed by atoms with Crippen LogP contribution in [0, 0.1) is 0 Å². The van der Waals surface area contributed by atoms with Crippen LogP contribution in [0.4, 0.5) is 0 Å². The summed E-state index contributed by atoms with van der Waals surface area (Å²) in [7, 11) is -4.38. The van der Waals surface area contributed by atoms with Gasteiger partial charge in [-0.2, -0.15) is 4.08 Å². The van der Waals surface area contributed by atoms with E-state index >= 15 is 0 Å². The zero-order valence-corrected chi connectivity index (χ0v) is 4.19. The Morgan fingerprint density at radius 3 is 1.62 bits per heavy atom. The molecule has 0 aliphatic rings. The van der Waals surface area contributed by atoms with Gasteiger partial charge in [0.25, 0.3) is 0 Å². The predicted octanol–water partition coefficient (Wildman–Crippen LogP) is -1.58. The second-order valence-electron chi connectivity index (χ2n) is 0.560. The van der Waals surface area contributed by atoms with Gasteiger partial charge in [0.2, 0.25) is 0 Å². The summed E-state index contributed by atoms with van der Waals surface area (Å²) in [5.41, 5.74) is 0. The molecule has 0 spiro atoms. The molecule has 0 amide bonds. The minimum absolute atomic E-state index is 0. The van der Waals surface area contributed by atoms with Gasteiger partial charge in [-0.05, 0) is 0 Å². The van der Waals surface area contributed by atoms with Crippen LogP contribution in [-0.4, -0.2) is 93.0 Å². The molecule has 0 atom stereocenters. The Kier molecular flexibility index (Phi) is 17.8. The molecule has 0 fully saturated rings. The Balaban J connectivity index is -0.000000125. The summed E-state index contributed by atoms with van der Waals surface area (Å²) in [6.45, 7) is 0. The molecule has 8 heavy (non-hydrogen) atoms. The number of hydrogen-bond donors (Lipinski definition) is 2. The van der Waals surface area contributed by atoms with E-state index in [2.05, 4.69) is 15.9 Å². The summed E-state index contributed by atoms with van der Waals surface area (Å²) >= 11 is 4.21. The summed E-state index contributed by atoms with van der Waals surface area (Å²) in [5, 5.41) is 0. The van der Waals surface area contributed by atoms with E-state index in [1.54, 1.807) is 0 Å².